The van der Waals surface area contributed by atoms with Crippen molar-refractivity contribution in [3.8, 4) is 0 Å². The first-order chi connectivity index (χ1) is 11.3. The number of fused-ring (bicyclic) bond motifs is 1. The van der Waals surface area contributed by atoms with E-state index in [9.17, 15) is 18.8 Å². The van der Waals surface area contributed by atoms with Gasteiger partial charge in [0.2, 0.25) is 11.8 Å². The van der Waals surface area contributed by atoms with Gasteiger partial charge in [-0.1, -0.05) is 6.07 Å². The Balaban J connectivity index is 1.63. The van der Waals surface area contributed by atoms with Crippen LogP contribution in [-0.2, 0) is 9.59 Å². The molecule has 1 aromatic rings. The van der Waals surface area contributed by atoms with Gasteiger partial charge in [-0.3, -0.25) is 9.59 Å². The second kappa shape index (κ2) is 6.10. The summed E-state index contributed by atoms with van der Waals surface area (Å²) in [6.07, 6.45) is 0.361. The van der Waals surface area contributed by atoms with Crippen molar-refractivity contribution in [2.45, 2.75) is 38.4 Å². The standard InChI is InChI=1S/C16H19FN4O3/c1-8-3-4-10(17)5-12(8)20-16(24)19-11-6-13-14(22)18-9(2)15(23)21(13)7-11/h3-5,9,11,13H,6-7H2,1-2H3,(H,18,22)(H2,19,20,24)/t9-,11+,13+/m1/s1. The van der Waals surface area contributed by atoms with Gasteiger partial charge in [0.05, 0.1) is 6.04 Å². The molecule has 1 aromatic carbocycles. The predicted octanol–water partition coefficient (Wildman–Crippen LogP) is 0.743. The van der Waals surface area contributed by atoms with Crippen LogP contribution < -0.4 is 16.0 Å². The fourth-order valence-corrected chi connectivity index (χ4v) is 3.13. The molecule has 8 heteroatoms. The fraction of sp³-hybridized carbons (Fsp3) is 0.438. The van der Waals surface area contributed by atoms with Gasteiger partial charge in [0.1, 0.15) is 17.9 Å². The monoisotopic (exact) mass is 334 g/mol. The van der Waals surface area contributed by atoms with Crippen molar-refractivity contribution < 1.29 is 18.8 Å². The summed E-state index contributed by atoms with van der Waals surface area (Å²) in [4.78, 5) is 37.7. The molecule has 2 heterocycles. The quantitative estimate of drug-likeness (QED) is 0.745. The number of hydrogen-bond donors (Lipinski definition) is 3. The number of rotatable bonds is 2. The van der Waals surface area contributed by atoms with Gasteiger partial charge in [0.15, 0.2) is 0 Å². The van der Waals surface area contributed by atoms with Crippen molar-refractivity contribution >= 4 is 23.5 Å². The van der Waals surface area contributed by atoms with Crippen LogP contribution in [0.15, 0.2) is 18.2 Å². The van der Waals surface area contributed by atoms with E-state index in [-0.39, 0.29) is 24.4 Å². The molecule has 0 radical (unpaired) electrons. The molecule has 2 aliphatic rings. The SMILES string of the molecule is Cc1ccc(F)cc1NC(=O)N[C@H]1C[C@H]2C(=O)N[C@H](C)C(=O)N2C1. The minimum atomic E-state index is -0.546. The van der Waals surface area contributed by atoms with Crippen LogP contribution >= 0.6 is 0 Å². The van der Waals surface area contributed by atoms with Crippen molar-refractivity contribution in [3.05, 3.63) is 29.6 Å². The van der Waals surface area contributed by atoms with E-state index in [1.54, 1.807) is 19.9 Å². The molecular formula is C16H19FN4O3. The Bertz CT molecular complexity index is 709. The van der Waals surface area contributed by atoms with Crippen LogP contribution in [0.3, 0.4) is 0 Å². The molecule has 3 rings (SSSR count). The van der Waals surface area contributed by atoms with Gasteiger partial charge in [0.25, 0.3) is 0 Å². The maximum absolute atomic E-state index is 13.3. The van der Waals surface area contributed by atoms with E-state index in [2.05, 4.69) is 16.0 Å². The number of amides is 4. The molecule has 0 unspecified atom stereocenters. The summed E-state index contributed by atoms with van der Waals surface area (Å²) in [5, 5.41) is 7.96. The highest BCUT2D eigenvalue weighted by Crippen LogP contribution is 2.23. The summed E-state index contributed by atoms with van der Waals surface area (Å²) < 4.78 is 13.3. The highest BCUT2D eigenvalue weighted by Gasteiger charge is 2.45. The van der Waals surface area contributed by atoms with E-state index >= 15 is 0 Å². The molecule has 3 atom stereocenters. The molecule has 0 saturated carbocycles. The number of halogens is 1. The third-order valence-corrected chi connectivity index (χ3v) is 4.40. The van der Waals surface area contributed by atoms with Crippen LogP contribution in [0.4, 0.5) is 14.9 Å². The Morgan fingerprint density at radius 1 is 1.38 bits per heavy atom. The smallest absolute Gasteiger partial charge is 0.319 e. The Kier molecular flexibility index (Phi) is 4.13. The first kappa shape index (κ1) is 16.2. The van der Waals surface area contributed by atoms with Crippen molar-refractivity contribution in [3.63, 3.8) is 0 Å². The lowest BCUT2D eigenvalue weighted by atomic mass is 10.1. The van der Waals surface area contributed by atoms with Crippen LogP contribution in [0, 0.1) is 12.7 Å². The van der Waals surface area contributed by atoms with E-state index < -0.39 is 23.9 Å². The van der Waals surface area contributed by atoms with E-state index in [0.717, 1.165) is 5.56 Å². The summed E-state index contributed by atoms with van der Waals surface area (Å²) >= 11 is 0. The van der Waals surface area contributed by atoms with Crippen molar-refractivity contribution in [1.29, 1.82) is 0 Å². The highest BCUT2D eigenvalue weighted by molar-refractivity contribution is 5.97. The minimum Gasteiger partial charge on any atom is -0.343 e. The third kappa shape index (κ3) is 3.04. The maximum Gasteiger partial charge on any atom is 0.319 e. The largest absolute Gasteiger partial charge is 0.343 e. The maximum atomic E-state index is 13.3. The molecule has 0 aliphatic carbocycles. The number of hydrogen-bond acceptors (Lipinski definition) is 3. The van der Waals surface area contributed by atoms with Gasteiger partial charge in [-0.15, -0.1) is 0 Å². The van der Waals surface area contributed by atoms with E-state index in [1.165, 1.54) is 17.0 Å². The lowest BCUT2D eigenvalue weighted by molar-refractivity contribution is -0.146. The zero-order valence-electron chi connectivity index (χ0n) is 13.4. The number of benzene rings is 1. The molecule has 0 aromatic heterocycles. The summed E-state index contributed by atoms with van der Waals surface area (Å²) in [6.45, 7) is 3.68. The van der Waals surface area contributed by atoms with E-state index in [1.807, 2.05) is 0 Å². The van der Waals surface area contributed by atoms with Crippen molar-refractivity contribution in [2.75, 3.05) is 11.9 Å². The third-order valence-electron chi connectivity index (χ3n) is 4.40. The summed E-state index contributed by atoms with van der Waals surface area (Å²) in [5.74, 6) is -0.789. The lowest BCUT2D eigenvalue weighted by Gasteiger charge is -2.32. The van der Waals surface area contributed by atoms with Crippen LogP contribution in [-0.4, -0.2) is 47.4 Å². The average molecular weight is 334 g/mol. The predicted molar refractivity (Wildman–Crippen MR) is 84.8 cm³/mol. The number of carbonyl (C=O) groups is 3. The molecule has 128 valence electrons. The van der Waals surface area contributed by atoms with Crippen LogP contribution in [0.25, 0.3) is 0 Å². The first-order valence-corrected chi connectivity index (χ1v) is 7.79. The Labute approximate surface area is 138 Å². The highest BCUT2D eigenvalue weighted by atomic mass is 19.1. The molecule has 4 amide bonds. The first-order valence-electron chi connectivity index (χ1n) is 7.79. The zero-order chi connectivity index (χ0) is 17.4. The number of anilines is 1. The number of urea groups is 1. The Morgan fingerprint density at radius 3 is 2.88 bits per heavy atom. The van der Waals surface area contributed by atoms with Crippen molar-refractivity contribution in [2.24, 2.45) is 0 Å². The molecule has 2 aliphatic heterocycles. The second-order valence-corrected chi connectivity index (χ2v) is 6.23. The second-order valence-electron chi connectivity index (χ2n) is 6.23. The molecule has 3 N–H and O–H groups in total. The normalized spacial score (nSPS) is 26.0. The molecule has 2 fully saturated rings. The van der Waals surface area contributed by atoms with Crippen LogP contribution in [0.5, 0.6) is 0 Å². The number of carbonyl (C=O) groups excluding carboxylic acids is 3. The molecule has 0 spiro atoms. The van der Waals surface area contributed by atoms with Crippen LogP contribution in [0.2, 0.25) is 0 Å². The van der Waals surface area contributed by atoms with Gasteiger partial charge in [-0.2, -0.15) is 0 Å². The van der Waals surface area contributed by atoms with Gasteiger partial charge in [-0.25, -0.2) is 9.18 Å². The molecule has 7 nitrogen and oxygen atoms in total. The number of nitrogens with zero attached hydrogens (tertiary/aromatic N) is 1. The van der Waals surface area contributed by atoms with E-state index in [4.69, 9.17) is 0 Å². The average Bonchev–Trinajstić information content (AvgIpc) is 2.93. The Hall–Kier alpha value is -2.64. The van der Waals surface area contributed by atoms with Gasteiger partial charge < -0.3 is 20.9 Å². The molecular weight excluding hydrogens is 315 g/mol. The number of nitrogens with one attached hydrogen (secondary N) is 3. The summed E-state index contributed by atoms with van der Waals surface area (Å²) in [5.41, 5.74) is 1.12. The summed E-state index contributed by atoms with van der Waals surface area (Å²) in [6, 6.07) is 2.22. The number of aryl methyl sites for hydroxylation is 1. The zero-order valence-corrected chi connectivity index (χ0v) is 13.4. The van der Waals surface area contributed by atoms with Gasteiger partial charge >= 0.3 is 6.03 Å². The van der Waals surface area contributed by atoms with E-state index in [0.29, 0.717) is 12.1 Å². The summed E-state index contributed by atoms with van der Waals surface area (Å²) in [7, 11) is 0. The van der Waals surface area contributed by atoms with Crippen molar-refractivity contribution in [1.82, 2.24) is 15.5 Å². The molecule has 24 heavy (non-hydrogen) atoms. The van der Waals surface area contributed by atoms with Gasteiger partial charge in [0, 0.05) is 12.2 Å². The molecule has 0 bridgehead atoms. The lowest BCUT2D eigenvalue weighted by Crippen LogP contribution is -2.60. The topological polar surface area (TPSA) is 90.5 Å². The van der Waals surface area contributed by atoms with Crippen LogP contribution in [0.1, 0.15) is 18.9 Å². The fourth-order valence-electron chi connectivity index (χ4n) is 3.13. The molecule has 2 saturated heterocycles. The Morgan fingerprint density at radius 2 is 2.12 bits per heavy atom. The number of piperazine rings is 1. The minimum absolute atomic E-state index is 0.148. The van der Waals surface area contributed by atoms with Gasteiger partial charge in [-0.05, 0) is 38.0 Å².